The average Bonchev–Trinajstić information content (AvgIpc) is 2.74. The van der Waals surface area contributed by atoms with E-state index in [0.29, 0.717) is 21.9 Å². The lowest BCUT2D eigenvalue weighted by Gasteiger charge is -2.06. The Morgan fingerprint density at radius 3 is 2.00 bits per heavy atom. The summed E-state index contributed by atoms with van der Waals surface area (Å²) in [6.07, 6.45) is 1.84. The van der Waals surface area contributed by atoms with Gasteiger partial charge in [0.25, 0.3) is 0 Å². The molecular formula is C27H19F3. The minimum atomic E-state index is -0.877. The Hall–Kier alpha value is -3.51. The Morgan fingerprint density at radius 1 is 0.633 bits per heavy atom. The Labute approximate surface area is 174 Å². The molecule has 4 aromatic carbocycles. The zero-order chi connectivity index (χ0) is 21.1. The second kappa shape index (κ2) is 8.47. The lowest BCUT2D eigenvalue weighted by Crippen LogP contribution is -1.89. The molecule has 0 nitrogen and oxygen atoms in total. The molecule has 0 aliphatic heterocycles. The Bertz CT molecular complexity index is 1280. The molecule has 0 N–H and O–H groups in total. The Balaban J connectivity index is 1.57. The van der Waals surface area contributed by atoms with E-state index < -0.39 is 11.6 Å². The summed E-state index contributed by atoms with van der Waals surface area (Å²) in [5.41, 5.74) is 3.85. The molecule has 0 aromatic heterocycles. The molecule has 0 bridgehead atoms. The Morgan fingerprint density at radius 2 is 1.30 bits per heavy atom. The first-order chi connectivity index (χ1) is 14.5. The van der Waals surface area contributed by atoms with Crippen molar-refractivity contribution >= 4 is 10.8 Å². The fourth-order valence-electron chi connectivity index (χ4n) is 3.43. The van der Waals surface area contributed by atoms with Crippen molar-refractivity contribution in [2.45, 2.75) is 19.8 Å². The third-order valence-corrected chi connectivity index (χ3v) is 5.00. The first-order valence-electron chi connectivity index (χ1n) is 9.83. The molecular weight excluding hydrogens is 381 g/mol. The van der Waals surface area contributed by atoms with Gasteiger partial charge in [-0.2, -0.15) is 0 Å². The average molecular weight is 400 g/mol. The fourth-order valence-corrected chi connectivity index (χ4v) is 3.43. The SMILES string of the molecule is CCCc1ccc(-c2ccc(C#Cc3ccc4cc(F)c(F)cc4c3)cc2)c(F)c1. The van der Waals surface area contributed by atoms with Gasteiger partial charge in [0.2, 0.25) is 0 Å². The van der Waals surface area contributed by atoms with Gasteiger partial charge in [-0.15, -0.1) is 0 Å². The van der Waals surface area contributed by atoms with Crippen molar-refractivity contribution < 1.29 is 13.2 Å². The van der Waals surface area contributed by atoms with Crippen LogP contribution in [-0.4, -0.2) is 0 Å². The van der Waals surface area contributed by atoms with Gasteiger partial charge in [-0.3, -0.25) is 0 Å². The summed E-state index contributed by atoms with van der Waals surface area (Å²) in [6, 6.07) is 20.3. The summed E-state index contributed by atoms with van der Waals surface area (Å²) >= 11 is 0. The van der Waals surface area contributed by atoms with Crippen LogP contribution in [0.4, 0.5) is 13.2 Å². The maximum Gasteiger partial charge on any atom is 0.159 e. The number of fused-ring (bicyclic) bond motifs is 1. The molecule has 0 radical (unpaired) electrons. The summed E-state index contributed by atoms with van der Waals surface area (Å²) in [6.45, 7) is 2.07. The minimum Gasteiger partial charge on any atom is -0.206 e. The van der Waals surface area contributed by atoms with Crippen LogP contribution in [0.3, 0.4) is 0 Å². The van der Waals surface area contributed by atoms with E-state index in [9.17, 15) is 13.2 Å². The zero-order valence-corrected chi connectivity index (χ0v) is 16.5. The van der Waals surface area contributed by atoms with Gasteiger partial charge < -0.3 is 0 Å². The number of halogens is 3. The van der Waals surface area contributed by atoms with Crippen molar-refractivity contribution in [2.24, 2.45) is 0 Å². The molecule has 0 saturated heterocycles. The highest BCUT2D eigenvalue weighted by Crippen LogP contribution is 2.25. The van der Waals surface area contributed by atoms with Gasteiger partial charge in [0, 0.05) is 16.7 Å². The van der Waals surface area contributed by atoms with Gasteiger partial charge in [0.15, 0.2) is 11.6 Å². The number of benzene rings is 4. The number of aryl methyl sites for hydroxylation is 1. The van der Waals surface area contributed by atoms with Gasteiger partial charge in [0.1, 0.15) is 5.82 Å². The van der Waals surface area contributed by atoms with Crippen LogP contribution in [0.1, 0.15) is 30.0 Å². The lowest BCUT2D eigenvalue weighted by molar-refractivity contribution is 0.511. The van der Waals surface area contributed by atoms with Crippen LogP contribution >= 0.6 is 0 Å². The van der Waals surface area contributed by atoms with Gasteiger partial charge in [0.05, 0.1) is 0 Å². The van der Waals surface area contributed by atoms with E-state index in [0.717, 1.165) is 29.5 Å². The molecule has 0 atom stereocenters. The molecule has 0 amide bonds. The molecule has 0 aliphatic rings. The van der Waals surface area contributed by atoms with Crippen molar-refractivity contribution in [2.75, 3.05) is 0 Å². The van der Waals surface area contributed by atoms with Crippen molar-refractivity contribution in [3.05, 3.63) is 107 Å². The van der Waals surface area contributed by atoms with Gasteiger partial charge in [-0.05, 0) is 70.8 Å². The molecule has 4 rings (SSSR count). The van der Waals surface area contributed by atoms with Crippen LogP contribution in [0, 0.1) is 29.3 Å². The molecule has 0 heterocycles. The van der Waals surface area contributed by atoms with E-state index in [4.69, 9.17) is 0 Å². The van der Waals surface area contributed by atoms with E-state index in [1.165, 1.54) is 12.1 Å². The fraction of sp³-hybridized carbons (Fsp3) is 0.111. The standard InChI is InChI=1S/C27H19F3/c1-2-3-19-9-13-24(25(28)15-19)21-10-6-18(7-11-21)4-5-20-8-12-22-16-26(29)27(30)17-23(22)14-20/h6-17H,2-3H2,1H3. The van der Waals surface area contributed by atoms with Gasteiger partial charge in [-0.1, -0.05) is 55.5 Å². The Kier molecular flexibility index (Phi) is 5.59. The van der Waals surface area contributed by atoms with Crippen LogP contribution in [0.2, 0.25) is 0 Å². The van der Waals surface area contributed by atoms with Crippen molar-refractivity contribution in [1.29, 1.82) is 0 Å². The van der Waals surface area contributed by atoms with Gasteiger partial charge >= 0.3 is 0 Å². The molecule has 30 heavy (non-hydrogen) atoms. The third kappa shape index (κ3) is 4.23. The molecule has 0 saturated carbocycles. The molecule has 0 aliphatic carbocycles. The van der Waals surface area contributed by atoms with Crippen molar-refractivity contribution in [3.8, 4) is 23.0 Å². The second-order valence-corrected chi connectivity index (χ2v) is 7.22. The number of hydrogen-bond acceptors (Lipinski definition) is 0. The summed E-state index contributed by atoms with van der Waals surface area (Å²) in [4.78, 5) is 0. The summed E-state index contributed by atoms with van der Waals surface area (Å²) in [5.74, 6) is 4.14. The number of rotatable bonds is 3. The van der Waals surface area contributed by atoms with Crippen molar-refractivity contribution in [1.82, 2.24) is 0 Å². The minimum absolute atomic E-state index is 0.223. The predicted octanol–water partition coefficient (Wildman–Crippen LogP) is 7.28. The van der Waals surface area contributed by atoms with Crippen LogP contribution < -0.4 is 0 Å². The zero-order valence-electron chi connectivity index (χ0n) is 16.5. The lowest BCUT2D eigenvalue weighted by atomic mass is 10.0. The van der Waals surface area contributed by atoms with Crippen LogP contribution in [0.5, 0.6) is 0 Å². The molecule has 3 heteroatoms. The van der Waals surface area contributed by atoms with E-state index in [1.54, 1.807) is 24.3 Å². The first-order valence-corrected chi connectivity index (χ1v) is 9.83. The van der Waals surface area contributed by atoms with Crippen LogP contribution in [-0.2, 0) is 6.42 Å². The summed E-state index contributed by atoms with van der Waals surface area (Å²) in [7, 11) is 0. The van der Waals surface area contributed by atoms with E-state index >= 15 is 0 Å². The summed E-state index contributed by atoms with van der Waals surface area (Å²) < 4.78 is 41.2. The highest BCUT2D eigenvalue weighted by atomic mass is 19.2. The summed E-state index contributed by atoms with van der Waals surface area (Å²) in [5, 5.41) is 1.22. The topological polar surface area (TPSA) is 0 Å². The first kappa shape index (κ1) is 19.8. The smallest absolute Gasteiger partial charge is 0.159 e. The van der Waals surface area contributed by atoms with Crippen molar-refractivity contribution in [3.63, 3.8) is 0 Å². The third-order valence-electron chi connectivity index (χ3n) is 5.00. The van der Waals surface area contributed by atoms with E-state index in [1.807, 2.05) is 36.4 Å². The predicted molar refractivity (Wildman–Crippen MR) is 116 cm³/mol. The van der Waals surface area contributed by atoms with Gasteiger partial charge in [-0.25, -0.2) is 13.2 Å². The normalized spacial score (nSPS) is 10.7. The molecule has 4 aromatic rings. The monoisotopic (exact) mass is 400 g/mol. The molecule has 0 spiro atoms. The maximum absolute atomic E-state index is 14.4. The highest BCUT2D eigenvalue weighted by molar-refractivity contribution is 5.84. The maximum atomic E-state index is 14.4. The highest BCUT2D eigenvalue weighted by Gasteiger charge is 2.06. The largest absolute Gasteiger partial charge is 0.206 e. The van der Waals surface area contributed by atoms with Crippen LogP contribution in [0.15, 0.2) is 72.8 Å². The molecule has 0 unspecified atom stereocenters. The molecule has 0 fully saturated rings. The van der Waals surface area contributed by atoms with Crippen LogP contribution in [0.25, 0.3) is 21.9 Å². The second-order valence-electron chi connectivity index (χ2n) is 7.22. The molecule has 148 valence electrons. The van der Waals surface area contributed by atoms with E-state index in [-0.39, 0.29) is 5.82 Å². The quantitative estimate of drug-likeness (QED) is 0.317. The number of hydrogen-bond donors (Lipinski definition) is 0. The van der Waals surface area contributed by atoms with E-state index in [2.05, 4.69) is 18.8 Å².